The Bertz CT molecular complexity index is 297. The zero-order valence-corrected chi connectivity index (χ0v) is 11.0. The molecule has 0 aromatic carbocycles. The average Bonchev–Trinajstić information content (AvgIpc) is 2.14. The minimum absolute atomic E-state index is 0.0503. The number of hydrogen-bond donors (Lipinski definition) is 2. The summed E-state index contributed by atoms with van der Waals surface area (Å²) in [5.74, 6) is -0.725. The largest absolute Gasteiger partial charge is 0.480 e. The molecule has 0 aromatic rings. The van der Waals surface area contributed by atoms with Crippen molar-refractivity contribution < 1.29 is 14.7 Å². The van der Waals surface area contributed by atoms with Crippen molar-refractivity contribution >= 4 is 11.9 Å². The van der Waals surface area contributed by atoms with E-state index >= 15 is 0 Å². The normalized spacial score (nSPS) is 21.1. The van der Waals surface area contributed by atoms with Crippen LogP contribution in [0.25, 0.3) is 0 Å². The number of amides is 1. The Morgan fingerprint density at radius 2 is 1.94 bits per heavy atom. The molecular weight excluding hydrogens is 218 g/mol. The van der Waals surface area contributed by atoms with Crippen LogP contribution in [-0.4, -0.2) is 23.0 Å². The van der Waals surface area contributed by atoms with E-state index in [4.69, 9.17) is 5.11 Å². The van der Waals surface area contributed by atoms with Crippen molar-refractivity contribution in [2.24, 2.45) is 11.3 Å². The molecule has 1 aliphatic carbocycles. The number of carboxylic acid groups (broad SMARTS) is 1. The van der Waals surface area contributed by atoms with Gasteiger partial charge in [-0.05, 0) is 32.1 Å². The van der Waals surface area contributed by atoms with Gasteiger partial charge in [-0.1, -0.05) is 26.7 Å². The summed E-state index contributed by atoms with van der Waals surface area (Å²) in [5, 5.41) is 12.0. The SMILES string of the molecule is CCC(C)CC(C)NC(=O)C1(C(=O)O)CCC1. The second-order valence-corrected chi connectivity index (χ2v) is 5.36. The molecule has 1 fully saturated rings. The molecule has 1 rings (SSSR count). The number of carboxylic acids is 1. The molecule has 98 valence electrons. The highest BCUT2D eigenvalue weighted by molar-refractivity contribution is 6.02. The summed E-state index contributed by atoms with van der Waals surface area (Å²) in [6, 6.07) is 0.0503. The van der Waals surface area contributed by atoms with Crippen molar-refractivity contribution in [3.63, 3.8) is 0 Å². The van der Waals surface area contributed by atoms with Crippen LogP contribution in [0.15, 0.2) is 0 Å². The van der Waals surface area contributed by atoms with E-state index in [9.17, 15) is 9.59 Å². The molecule has 2 N–H and O–H groups in total. The fraction of sp³-hybridized carbons (Fsp3) is 0.846. The predicted molar refractivity (Wildman–Crippen MR) is 65.6 cm³/mol. The molecule has 2 atom stereocenters. The summed E-state index contributed by atoms with van der Waals surface area (Å²) in [4.78, 5) is 23.1. The van der Waals surface area contributed by atoms with Crippen LogP contribution in [0, 0.1) is 11.3 Å². The number of carbonyl (C=O) groups excluding carboxylic acids is 1. The van der Waals surface area contributed by atoms with Gasteiger partial charge in [-0.25, -0.2) is 0 Å². The highest BCUT2D eigenvalue weighted by Crippen LogP contribution is 2.41. The Labute approximate surface area is 103 Å². The molecule has 17 heavy (non-hydrogen) atoms. The maximum atomic E-state index is 12.0. The van der Waals surface area contributed by atoms with Crippen molar-refractivity contribution in [2.45, 2.75) is 58.9 Å². The molecule has 0 saturated heterocycles. The predicted octanol–water partition coefficient (Wildman–Crippen LogP) is 2.18. The van der Waals surface area contributed by atoms with Crippen LogP contribution in [0.5, 0.6) is 0 Å². The van der Waals surface area contributed by atoms with Gasteiger partial charge < -0.3 is 10.4 Å². The Balaban J connectivity index is 2.51. The topological polar surface area (TPSA) is 66.4 Å². The lowest BCUT2D eigenvalue weighted by molar-refractivity contribution is -0.162. The van der Waals surface area contributed by atoms with E-state index in [1.54, 1.807) is 0 Å². The van der Waals surface area contributed by atoms with E-state index in [1.165, 1.54) is 0 Å². The Morgan fingerprint density at radius 1 is 1.35 bits per heavy atom. The zero-order chi connectivity index (χ0) is 13.1. The molecule has 0 aromatic heterocycles. The number of rotatable bonds is 6. The zero-order valence-electron chi connectivity index (χ0n) is 11.0. The quantitative estimate of drug-likeness (QED) is 0.700. The summed E-state index contributed by atoms with van der Waals surface area (Å²) in [5.41, 5.74) is -1.14. The standard InChI is InChI=1S/C13H23NO3/c1-4-9(2)8-10(3)14-11(15)13(12(16)17)6-5-7-13/h9-10H,4-8H2,1-3H3,(H,14,15)(H,16,17). The molecule has 1 saturated carbocycles. The lowest BCUT2D eigenvalue weighted by atomic mass is 9.68. The van der Waals surface area contributed by atoms with Gasteiger partial charge in [0.2, 0.25) is 5.91 Å². The first-order valence-electron chi connectivity index (χ1n) is 6.46. The van der Waals surface area contributed by atoms with E-state index in [0.717, 1.165) is 19.3 Å². The van der Waals surface area contributed by atoms with E-state index in [2.05, 4.69) is 19.2 Å². The third-order valence-corrected chi connectivity index (χ3v) is 3.88. The average molecular weight is 241 g/mol. The second kappa shape index (κ2) is 5.52. The van der Waals surface area contributed by atoms with Gasteiger partial charge in [0.05, 0.1) is 0 Å². The Hall–Kier alpha value is -1.06. The summed E-state index contributed by atoms with van der Waals surface area (Å²) >= 11 is 0. The molecular formula is C13H23NO3. The monoisotopic (exact) mass is 241 g/mol. The summed E-state index contributed by atoms with van der Waals surface area (Å²) in [6.45, 7) is 6.20. The molecule has 2 unspecified atom stereocenters. The third-order valence-electron chi connectivity index (χ3n) is 3.88. The Kier molecular flexibility index (Phi) is 4.54. The van der Waals surface area contributed by atoms with Crippen molar-refractivity contribution in [3.05, 3.63) is 0 Å². The minimum Gasteiger partial charge on any atom is -0.480 e. The number of nitrogens with one attached hydrogen (secondary N) is 1. The molecule has 0 radical (unpaired) electrons. The van der Waals surface area contributed by atoms with E-state index in [1.807, 2.05) is 6.92 Å². The molecule has 0 spiro atoms. The van der Waals surface area contributed by atoms with Crippen LogP contribution in [-0.2, 0) is 9.59 Å². The van der Waals surface area contributed by atoms with Crippen LogP contribution >= 0.6 is 0 Å². The van der Waals surface area contributed by atoms with E-state index in [0.29, 0.717) is 18.8 Å². The van der Waals surface area contributed by atoms with Gasteiger partial charge in [0, 0.05) is 6.04 Å². The van der Waals surface area contributed by atoms with Crippen LogP contribution in [0.1, 0.15) is 52.9 Å². The third kappa shape index (κ3) is 2.99. The lowest BCUT2D eigenvalue weighted by Crippen LogP contribution is -2.53. The van der Waals surface area contributed by atoms with Crippen LogP contribution in [0.3, 0.4) is 0 Å². The summed E-state index contributed by atoms with van der Waals surface area (Å²) in [6.07, 6.45) is 3.76. The first kappa shape index (κ1) is 14.0. The lowest BCUT2D eigenvalue weighted by Gasteiger charge is -2.36. The van der Waals surface area contributed by atoms with E-state index in [-0.39, 0.29) is 11.9 Å². The second-order valence-electron chi connectivity index (χ2n) is 5.36. The maximum Gasteiger partial charge on any atom is 0.319 e. The van der Waals surface area contributed by atoms with Gasteiger partial charge in [-0.15, -0.1) is 0 Å². The molecule has 0 bridgehead atoms. The molecule has 0 aliphatic heterocycles. The van der Waals surface area contributed by atoms with Crippen molar-refractivity contribution in [1.82, 2.24) is 5.32 Å². The van der Waals surface area contributed by atoms with Gasteiger partial charge >= 0.3 is 5.97 Å². The van der Waals surface area contributed by atoms with Gasteiger partial charge in [-0.3, -0.25) is 9.59 Å². The Morgan fingerprint density at radius 3 is 2.29 bits per heavy atom. The first-order valence-corrected chi connectivity index (χ1v) is 6.46. The first-order chi connectivity index (χ1) is 7.92. The van der Waals surface area contributed by atoms with Gasteiger partial charge in [0.15, 0.2) is 0 Å². The smallest absolute Gasteiger partial charge is 0.319 e. The molecule has 4 nitrogen and oxygen atoms in total. The summed E-state index contributed by atoms with van der Waals surface area (Å²) in [7, 11) is 0. The van der Waals surface area contributed by atoms with Gasteiger partial charge in [0.25, 0.3) is 0 Å². The highest BCUT2D eigenvalue weighted by Gasteiger charge is 2.51. The van der Waals surface area contributed by atoms with Crippen LogP contribution in [0.2, 0.25) is 0 Å². The van der Waals surface area contributed by atoms with Gasteiger partial charge in [0.1, 0.15) is 5.41 Å². The fourth-order valence-electron chi connectivity index (χ4n) is 2.26. The van der Waals surface area contributed by atoms with Crippen molar-refractivity contribution in [1.29, 1.82) is 0 Å². The fourth-order valence-corrected chi connectivity index (χ4v) is 2.26. The number of carbonyl (C=O) groups is 2. The van der Waals surface area contributed by atoms with E-state index < -0.39 is 11.4 Å². The maximum absolute atomic E-state index is 12.0. The molecule has 1 amide bonds. The highest BCUT2D eigenvalue weighted by atomic mass is 16.4. The number of aliphatic carboxylic acids is 1. The van der Waals surface area contributed by atoms with Crippen molar-refractivity contribution in [3.8, 4) is 0 Å². The molecule has 1 aliphatic rings. The summed E-state index contributed by atoms with van der Waals surface area (Å²) < 4.78 is 0. The van der Waals surface area contributed by atoms with Crippen molar-refractivity contribution in [2.75, 3.05) is 0 Å². The molecule has 4 heteroatoms. The van der Waals surface area contributed by atoms with Gasteiger partial charge in [-0.2, -0.15) is 0 Å². The minimum atomic E-state index is -1.14. The number of hydrogen-bond acceptors (Lipinski definition) is 2. The molecule has 0 heterocycles. The van der Waals surface area contributed by atoms with Crippen LogP contribution in [0.4, 0.5) is 0 Å². The van der Waals surface area contributed by atoms with Crippen LogP contribution < -0.4 is 5.32 Å².